The molecule has 1 aromatic carbocycles. The van der Waals surface area contributed by atoms with Crippen LogP contribution in [-0.2, 0) is 0 Å². The number of hydrogen-bond acceptors (Lipinski definition) is 3. The summed E-state index contributed by atoms with van der Waals surface area (Å²) >= 11 is 5.78. The Kier molecular flexibility index (Phi) is 2.65. The van der Waals surface area contributed by atoms with Gasteiger partial charge in [0.05, 0.1) is 6.61 Å². The lowest BCUT2D eigenvalue weighted by atomic mass is 10.2. The average molecular weight is 228 g/mol. The largest absolute Gasteiger partial charge is 0.491 e. The third-order valence-electron chi connectivity index (χ3n) is 1.91. The predicted octanol–water partition coefficient (Wildman–Crippen LogP) is 3.73. The molecule has 4 heteroatoms. The minimum atomic E-state index is -0.326. The molecule has 0 aliphatic heterocycles. The lowest BCUT2D eigenvalue weighted by Gasteiger charge is -2.04. The van der Waals surface area contributed by atoms with Crippen molar-refractivity contribution >= 4 is 34.1 Å². The fourth-order valence-electron chi connectivity index (χ4n) is 1.28. The van der Waals surface area contributed by atoms with Crippen molar-refractivity contribution in [1.29, 1.82) is 0 Å². The quantitative estimate of drug-likeness (QED) is 0.771. The molecule has 2 aromatic rings. The molecule has 0 saturated carbocycles. The number of rotatable bonds is 2. The summed E-state index contributed by atoms with van der Waals surface area (Å²) < 4.78 is 19.6. The van der Waals surface area contributed by atoms with Crippen LogP contribution in [0.3, 0.4) is 0 Å². The van der Waals surface area contributed by atoms with Crippen molar-refractivity contribution in [3.05, 3.63) is 23.3 Å². The van der Waals surface area contributed by atoms with E-state index < -0.39 is 0 Å². The van der Waals surface area contributed by atoms with Crippen LogP contribution in [0.1, 0.15) is 6.92 Å². The van der Waals surface area contributed by atoms with Gasteiger partial charge in [0, 0.05) is 26.4 Å². The van der Waals surface area contributed by atoms with Crippen LogP contribution in [0.2, 0.25) is 0 Å². The summed E-state index contributed by atoms with van der Waals surface area (Å²) in [5.74, 6) is -0.0109. The van der Waals surface area contributed by atoms with Gasteiger partial charge >= 0.3 is 0 Å². The third-order valence-corrected chi connectivity index (χ3v) is 3.40. The van der Waals surface area contributed by atoms with Crippen LogP contribution in [0.5, 0.6) is 5.75 Å². The van der Waals surface area contributed by atoms with Gasteiger partial charge in [-0.15, -0.1) is 24.0 Å². The second kappa shape index (κ2) is 3.79. The first-order valence-corrected chi connectivity index (χ1v) is 5.57. The van der Waals surface area contributed by atoms with E-state index in [2.05, 4.69) is 12.6 Å². The number of halogens is 1. The van der Waals surface area contributed by atoms with E-state index in [1.807, 2.05) is 12.3 Å². The number of hydrogen-bond donors (Lipinski definition) is 1. The Labute approximate surface area is 90.9 Å². The average Bonchev–Trinajstić information content (AvgIpc) is 2.50. The highest BCUT2D eigenvalue weighted by Crippen LogP contribution is 2.33. The van der Waals surface area contributed by atoms with E-state index in [0.29, 0.717) is 12.4 Å². The Morgan fingerprint density at radius 2 is 2.29 bits per heavy atom. The Morgan fingerprint density at radius 1 is 1.50 bits per heavy atom. The first kappa shape index (κ1) is 9.80. The van der Waals surface area contributed by atoms with E-state index in [9.17, 15) is 4.39 Å². The number of ether oxygens (including phenoxy) is 1. The fraction of sp³-hybridized carbons (Fsp3) is 0.200. The van der Waals surface area contributed by atoms with E-state index in [4.69, 9.17) is 4.74 Å². The van der Waals surface area contributed by atoms with Crippen molar-refractivity contribution in [3.8, 4) is 5.75 Å². The van der Waals surface area contributed by atoms with Crippen molar-refractivity contribution in [2.24, 2.45) is 0 Å². The zero-order chi connectivity index (χ0) is 10.1. The van der Waals surface area contributed by atoms with Crippen LogP contribution >= 0.6 is 24.0 Å². The van der Waals surface area contributed by atoms with Crippen LogP contribution in [0.4, 0.5) is 4.39 Å². The second-order valence-electron chi connectivity index (χ2n) is 2.83. The van der Waals surface area contributed by atoms with Gasteiger partial charge in [0.15, 0.2) is 11.6 Å². The van der Waals surface area contributed by atoms with Crippen LogP contribution in [0.25, 0.3) is 10.1 Å². The lowest BCUT2D eigenvalue weighted by molar-refractivity contribution is 0.322. The molecule has 1 aromatic heterocycles. The first-order valence-electron chi connectivity index (χ1n) is 4.25. The molecule has 2 rings (SSSR count). The highest BCUT2D eigenvalue weighted by molar-refractivity contribution is 7.80. The highest BCUT2D eigenvalue weighted by Gasteiger charge is 2.08. The third kappa shape index (κ3) is 1.60. The van der Waals surface area contributed by atoms with Crippen molar-refractivity contribution in [3.63, 3.8) is 0 Å². The molecule has 0 fully saturated rings. The molecule has 0 unspecified atom stereocenters. The topological polar surface area (TPSA) is 9.23 Å². The molecule has 0 amide bonds. The van der Waals surface area contributed by atoms with E-state index in [1.54, 1.807) is 6.07 Å². The smallest absolute Gasteiger partial charge is 0.165 e. The number of benzene rings is 1. The summed E-state index contributed by atoms with van der Waals surface area (Å²) in [7, 11) is 0. The zero-order valence-corrected chi connectivity index (χ0v) is 9.29. The van der Waals surface area contributed by atoms with E-state index in [0.717, 1.165) is 15.0 Å². The van der Waals surface area contributed by atoms with Gasteiger partial charge in [-0.2, -0.15) is 0 Å². The van der Waals surface area contributed by atoms with Gasteiger partial charge in [-0.1, -0.05) is 0 Å². The molecule has 0 aliphatic rings. The first-order chi connectivity index (χ1) is 6.72. The summed E-state index contributed by atoms with van der Waals surface area (Å²) in [5, 5.41) is 2.74. The lowest BCUT2D eigenvalue weighted by Crippen LogP contribution is -1.93. The summed E-state index contributed by atoms with van der Waals surface area (Å²) in [6.45, 7) is 2.31. The molecule has 1 heterocycles. The summed E-state index contributed by atoms with van der Waals surface area (Å²) in [6, 6.07) is 3.19. The summed E-state index contributed by atoms with van der Waals surface area (Å²) in [5.41, 5.74) is 0. The van der Waals surface area contributed by atoms with E-state index in [-0.39, 0.29) is 5.82 Å². The minimum absolute atomic E-state index is 0.315. The predicted molar refractivity (Wildman–Crippen MR) is 60.2 cm³/mol. The Hall–Kier alpha value is -0.740. The van der Waals surface area contributed by atoms with Crippen LogP contribution in [-0.4, -0.2) is 6.61 Å². The van der Waals surface area contributed by atoms with Gasteiger partial charge in [-0.05, 0) is 13.0 Å². The van der Waals surface area contributed by atoms with Gasteiger partial charge in [-0.3, -0.25) is 0 Å². The second-order valence-corrected chi connectivity index (χ2v) is 4.23. The molecule has 14 heavy (non-hydrogen) atoms. The summed E-state index contributed by atoms with van der Waals surface area (Å²) in [6.07, 6.45) is 0. The van der Waals surface area contributed by atoms with Crippen molar-refractivity contribution < 1.29 is 9.13 Å². The van der Waals surface area contributed by atoms with Crippen LogP contribution in [0, 0.1) is 5.82 Å². The van der Waals surface area contributed by atoms with Crippen LogP contribution in [0.15, 0.2) is 22.4 Å². The van der Waals surface area contributed by atoms with Crippen molar-refractivity contribution in [1.82, 2.24) is 0 Å². The number of thiophene rings is 1. The molecule has 0 aliphatic carbocycles. The molecule has 0 saturated heterocycles. The molecule has 0 N–H and O–H groups in total. The van der Waals surface area contributed by atoms with Crippen molar-refractivity contribution in [2.75, 3.05) is 6.61 Å². The van der Waals surface area contributed by atoms with E-state index >= 15 is 0 Å². The SMILES string of the molecule is CCOc1cc2scc(S)c2cc1F. The number of fused-ring (bicyclic) bond motifs is 1. The normalized spacial score (nSPS) is 10.8. The molecule has 0 radical (unpaired) electrons. The maximum atomic E-state index is 13.4. The molecule has 74 valence electrons. The fourth-order valence-corrected chi connectivity index (χ4v) is 2.54. The monoisotopic (exact) mass is 228 g/mol. The van der Waals surface area contributed by atoms with Crippen LogP contribution < -0.4 is 4.74 Å². The van der Waals surface area contributed by atoms with Crippen molar-refractivity contribution in [2.45, 2.75) is 11.8 Å². The van der Waals surface area contributed by atoms with Gasteiger partial charge in [0.25, 0.3) is 0 Å². The Morgan fingerprint density at radius 3 is 3.00 bits per heavy atom. The standard InChI is InChI=1S/C10H9FOS2/c1-2-12-8-4-10-6(3-7(8)11)9(13)5-14-10/h3-5,13H,2H2,1H3. The van der Waals surface area contributed by atoms with Gasteiger partial charge in [0.2, 0.25) is 0 Å². The maximum Gasteiger partial charge on any atom is 0.165 e. The molecule has 0 atom stereocenters. The molecule has 0 spiro atoms. The minimum Gasteiger partial charge on any atom is -0.491 e. The number of thiol groups is 1. The molecule has 0 bridgehead atoms. The summed E-state index contributed by atoms with van der Waals surface area (Å²) in [4.78, 5) is 0.812. The molecular formula is C10H9FOS2. The Balaban J connectivity index is 2.60. The van der Waals surface area contributed by atoms with Gasteiger partial charge in [-0.25, -0.2) is 4.39 Å². The Bertz CT molecular complexity index is 464. The van der Waals surface area contributed by atoms with Gasteiger partial charge in [0.1, 0.15) is 0 Å². The molecular weight excluding hydrogens is 219 g/mol. The maximum absolute atomic E-state index is 13.4. The zero-order valence-electron chi connectivity index (χ0n) is 7.58. The van der Waals surface area contributed by atoms with Gasteiger partial charge < -0.3 is 4.74 Å². The van der Waals surface area contributed by atoms with E-state index in [1.165, 1.54) is 17.4 Å². The highest BCUT2D eigenvalue weighted by atomic mass is 32.1. The molecule has 1 nitrogen and oxygen atoms in total.